The first kappa shape index (κ1) is 17.8. The minimum atomic E-state index is 0.0336. The zero-order valence-electron chi connectivity index (χ0n) is 15.2. The molecule has 0 aromatic carbocycles. The van der Waals surface area contributed by atoms with E-state index in [1.807, 2.05) is 24.8 Å². The number of aromatic nitrogens is 3. The Morgan fingerprint density at radius 3 is 2.73 bits per heavy atom. The van der Waals surface area contributed by atoms with E-state index < -0.39 is 0 Å². The summed E-state index contributed by atoms with van der Waals surface area (Å²) in [5, 5.41) is 8.68. The standard InChI is InChI=1S/C18H25N5O2S/c1-14-10-16(20-25-14)12-22-5-3-21(4-6-22)7-8-23-18(24)11-15-13-26-9-2-17(15)19-23/h10-11H,2-9,12-13H2,1H3. The number of hydrogen-bond donors (Lipinski definition) is 0. The Morgan fingerprint density at radius 2 is 1.96 bits per heavy atom. The Labute approximate surface area is 157 Å². The van der Waals surface area contributed by atoms with Crippen LogP contribution in [0.5, 0.6) is 0 Å². The van der Waals surface area contributed by atoms with E-state index in [-0.39, 0.29) is 5.56 Å². The van der Waals surface area contributed by atoms with Crippen molar-refractivity contribution in [1.82, 2.24) is 24.7 Å². The normalized spacial score (nSPS) is 18.8. The molecular weight excluding hydrogens is 350 g/mol. The first-order valence-electron chi connectivity index (χ1n) is 9.22. The topological polar surface area (TPSA) is 67.4 Å². The van der Waals surface area contributed by atoms with Crippen LogP contribution in [0.4, 0.5) is 0 Å². The Balaban J connectivity index is 1.28. The van der Waals surface area contributed by atoms with Gasteiger partial charge in [0.25, 0.3) is 5.56 Å². The lowest BCUT2D eigenvalue weighted by atomic mass is 10.2. The summed E-state index contributed by atoms with van der Waals surface area (Å²) in [7, 11) is 0. The molecule has 4 heterocycles. The molecule has 2 aromatic rings. The van der Waals surface area contributed by atoms with Gasteiger partial charge in [0.15, 0.2) is 0 Å². The van der Waals surface area contributed by atoms with Crippen LogP contribution in [-0.4, -0.2) is 63.2 Å². The van der Waals surface area contributed by atoms with Crippen LogP contribution in [0.1, 0.15) is 22.7 Å². The highest BCUT2D eigenvalue weighted by atomic mass is 32.2. The molecule has 0 aliphatic carbocycles. The van der Waals surface area contributed by atoms with Crippen LogP contribution < -0.4 is 5.56 Å². The molecule has 7 nitrogen and oxygen atoms in total. The molecule has 0 spiro atoms. The maximum atomic E-state index is 12.3. The van der Waals surface area contributed by atoms with E-state index in [1.165, 1.54) is 0 Å². The first-order chi connectivity index (χ1) is 12.7. The van der Waals surface area contributed by atoms with Gasteiger partial charge in [-0.05, 0) is 18.2 Å². The molecule has 0 radical (unpaired) electrons. The molecule has 4 rings (SSSR count). The maximum Gasteiger partial charge on any atom is 0.267 e. The number of piperazine rings is 1. The molecule has 1 fully saturated rings. The van der Waals surface area contributed by atoms with Crippen molar-refractivity contribution in [3.63, 3.8) is 0 Å². The molecule has 26 heavy (non-hydrogen) atoms. The molecule has 2 aliphatic heterocycles. The fourth-order valence-electron chi connectivity index (χ4n) is 3.54. The minimum Gasteiger partial charge on any atom is -0.361 e. The Hall–Kier alpha value is -1.64. The minimum absolute atomic E-state index is 0.0336. The van der Waals surface area contributed by atoms with E-state index in [0.29, 0.717) is 6.54 Å². The van der Waals surface area contributed by atoms with E-state index in [1.54, 1.807) is 10.7 Å². The van der Waals surface area contributed by atoms with Crippen molar-refractivity contribution in [2.75, 3.05) is 38.5 Å². The van der Waals surface area contributed by atoms with Gasteiger partial charge >= 0.3 is 0 Å². The van der Waals surface area contributed by atoms with Crippen molar-refractivity contribution in [2.45, 2.75) is 32.2 Å². The molecule has 0 saturated carbocycles. The molecule has 140 valence electrons. The van der Waals surface area contributed by atoms with Gasteiger partial charge in [0.2, 0.25) is 0 Å². The zero-order chi connectivity index (χ0) is 17.9. The number of thioether (sulfide) groups is 1. The molecule has 8 heteroatoms. The van der Waals surface area contributed by atoms with Crippen LogP contribution in [0.15, 0.2) is 21.5 Å². The lowest BCUT2D eigenvalue weighted by molar-refractivity contribution is 0.120. The fraction of sp³-hybridized carbons (Fsp3) is 0.611. The Morgan fingerprint density at radius 1 is 1.15 bits per heavy atom. The van der Waals surface area contributed by atoms with Gasteiger partial charge in [0.1, 0.15) is 5.76 Å². The zero-order valence-corrected chi connectivity index (χ0v) is 16.0. The van der Waals surface area contributed by atoms with Crippen LogP contribution in [0.3, 0.4) is 0 Å². The van der Waals surface area contributed by atoms with Gasteiger partial charge in [-0.15, -0.1) is 0 Å². The van der Waals surface area contributed by atoms with Gasteiger partial charge in [0, 0.05) is 63.6 Å². The summed E-state index contributed by atoms with van der Waals surface area (Å²) < 4.78 is 6.79. The molecule has 0 amide bonds. The quantitative estimate of drug-likeness (QED) is 0.776. The lowest BCUT2D eigenvalue weighted by Crippen LogP contribution is -2.47. The summed E-state index contributed by atoms with van der Waals surface area (Å²) in [5.41, 5.74) is 3.26. The lowest BCUT2D eigenvalue weighted by Gasteiger charge is -2.34. The molecule has 2 aromatic heterocycles. The Bertz CT molecular complexity index is 810. The van der Waals surface area contributed by atoms with Crippen molar-refractivity contribution < 1.29 is 4.52 Å². The average Bonchev–Trinajstić information content (AvgIpc) is 3.06. The number of nitrogens with zero attached hydrogens (tertiary/aromatic N) is 5. The third-order valence-corrected chi connectivity index (χ3v) is 6.07. The highest BCUT2D eigenvalue weighted by Crippen LogP contribution is 2.21. The van der Waals surface area contributed by atoms with Crippen LogP contribution in [0, 0.1) is 6.92 Å². The molecule has 0 bridgehead atoms. The van der Waals surface area contributed by atoms with Crippen molar-refractivity contribution in [3.05, 3.63) is 45.2 Å². The summed E-state index contributed by atoms with van der Waals surface area (Å²) >= 11 is 1.88. The summed E-state index contributed by atoms with van der Waals surface area (Å²) in [6.45, 7) is 8.34. The van der Waals surface area contributed by atoms with Crippen LogP contribution in [-0.2, 0) is 25.3 Å². The van der Waals surface area contributed by atoms with Crippen LogP contribution >= 0.6 is 11.8 Å². The van der Waals surface area contributed by atoms with E-state index in [2.05, 4.69) is 20.1 Å². The van der Waals surface area contributed by atoms with Crippen molar-refractivity contribution in [1.29, 1.82) is 0 Å². The van der Waals surface area contributed by atoms with Crippen molar-refractivity contribution >= 4 is 11.8 Å². The maximum absolute atomic E-state index is 12.3. The highest BCUT2D eigenvalue weighted by molar-refractivity contribution is 7.98. The second-order valence-electron chi connectivity index (χ2n) is 7.03. The SMILES string of the molecule is Cc1cc(CN2CCN(CCn3nc4c(cc3=O)CSCC4)CC2)no1. The number of hydrogen-bond acceptors (Lipinski definition) is 7. The summed E-state index contributed by atoms with van der Waals surface area (Å²) in [5.74, 6) is 2.89. The van der Waals surface area contributed by atoms with Crippen LogP contribution in [0.25, 0.3) is 0 Å². The average molecular weight is 375 g/mol. The van der Waals surface area contributed by atoms with Crippen molar-refractivity contribution in [2.24, 2.45) is 0 Å². The summed E-state index contributed by atoms with van der Waals surface area (Å²) in [6.07, 6.45) is 0.973. The fourth-order valence-corrected chi connectivity index (χ4v) is 4.49. The predicted molar refractivity (Wildman–Crippen MR) is 101 cm³/mol. The highest BCUT2D eigenvalue weighted by Gasteiger charge is 2.19. The van der Waals surface area contributed by atoms with Gasteiger partial charge < -0.3 is 4.52 Å². The second kappa shape index (κ2) is 7.94. The van der Waals surface area contributed by atoms with Gasteiger partial charge in [-0.1, -0.05) is 5.16 Å². The van der Waals surface area contributed by atoms with Gasteiger partial charge in [-0.25, -0.2) is 4.68 Å². The molecule has 0 N–H and O–H groups in total. The molecule has 1 saturated heterocycles. The monoisotopic (exact) mass is 375 g/mol. The molecule has 0 unspecified atom stereocenters. The number of rotatable bonds is 5. The van der Waals surface area contributed by atoms with E-state index >= 15 is 0 Å². The third-order valence-electron chi connectivity index (χ3n) is 5.06. The smallest absolute Gasteiger partial charge is 0.267 e. The largest absolute Gasteiger partial charge is 0.361 e. The number of aryl methyl sites for hydroxylation is 2. The van der Waals surface area contributed by atoms with Gasteiger partial charge in [-0.2, -0.15) is 16.9 Å². The molecule has 0 atom stereocenters. The number of fused-ring (bicyclic) bond motifs is 1. The van der Waals surface area contributed by atoms with E-state index in [9.17, 15) is 4.79 Å². The second-order valence-corrected chi connectivity index (χ2v) is 8.13. The third kappa shape index (κ3) is 4.19. The molecule has 2 aliphatic rings. The molecular formula is C18H25N5O2S. The van der Waals surface area contributed by atoms with Gasteiger partial charge in [0.05, 0.1) is 17.9 Å². The van der Waals surface area contributed by atoms with E-state index in [0.717, 1.165) is 79.9 Å². The first-order valence-corrected chi connectivity index (χ1v) is 10.4. The predicted octanol–water partition coefficient (Wildman–Crippen LogP) is 1.15. The van der Waals surface area contributed by atoms with Crippen molar-refractivity contribution in [3.8, 4) is 0 Å². The summed E-state index contributed by atoms with van der Waals surface area (Å²) in [6, 6.07) is 3.78. The Kier molecular flexibility index (Phi) is 5.42. The summed E-state index contributed by atoms with van der Waals surface area (Å²) in [4.78, 5) is 17.1. The van der Waals surface area contributed by atoms with Gasteiger partial charge in [-0.3, -0.25) is 14.6 Å². The van der Waals surface area contributed by atoms with E-state index in [4.69, 9.17) is 4.52 Å². The van der Waals surface area contributed by atoms with Crippen LogP contribution in [0.2, 0.25) is 0 Å².